The average Bonchev–Trinajstić information content (AvgIpc) is 3.36. The van der Waals surface area contributed by atoms with E-state index < -0.39 is 13.7 Å². The number of fused-ring (bicyclic) bond motifs is 3. The maximum Gasteiger partial charge on any atom is 0.255 e. The molecule has 0 bridgehead atoms. The summed E-state index contributed by atoms with van der Waals surface area (Å²) < 4.78 is 25.1. The van der Waals surface area contributed by atoms with E-state index >= 15 is 0 Å². The Morgan fingerprint density at radius 1 is 0.543 bits per heavy atom. The van der Waals surface area contributed by atoms with Crippen molar-refractivity contribution in [3.63, 3.8) is 0 Å². The van der Waals surface area contributed by atoms with E-state index in [-0.39, 0.29) is 42.6 Å². The van der Waals surface area contributed by atoms with Crippen molar-refractivity contribution in [2.75, 3.05) is 46.1 Å². The molecule has 6 aromatic rings. The highest BCUT2D eigenvalue weighted by Crippen LogP contribution is 2.42. The van der Waals surface area contributed by atoms with Crippen LogP contribution in [0.25, 0.3) is 32.7 Å². The fraction of sp³-hybridized carbons (Fsp3) is 0.357. The van der Waals surface area contributed by atoms with Crippen LogP contribution in [-0.2, 0) is 4.43 Å². The van der Waals surface area contributed by atoms with Crippen molar-refractivity contribution in [2.45, 2.75) is 77.4 Å². The van der Waals surface area contributed by atoms with Crippen LogP contribution in [-0.4, -0.2) is 87.1 Å². The first kappa shape index (κ1) is 52.5. The minimum Gasteiger partial charge on any atom is -0.486 e. The summed E-state index contributed by atoms with van der Waals surface area (Å²) in [6.45, 7) is 24.8. The molecule has 0 aliphatic rings. The monoisotopic (exact) mass is 964 g/mol. The zero-order chi connectivity index (χ0) is 50.2. The van der Waals surface area contributed by atoms with Crippen LogP contribution >= 0.6 is 0 Å². The van der Waals surface area contributed by atoms with Crippen LogP contribution < -0.4 is 30.2 Å². The molecule has 0 aliphatic heterocycles. The number of ether oxygens (including phenoxy) is 3. The molecule has 3 amide bonds. The molecule has 13 nitrogen and oxygen atoms in total. The van der Waals surface area contributed by atoms with E-state index in [1.807, 2.05) is 54.6 Å². The Morgan fingerprint density at radius 3 is 1.17 bits per heavy atom. The summed E-state index contributed by atoms with van der Waals surface area (Å²) in [7, 11) is -2.25. The number of hydrogen-bond acceptors (Lipinski definition) is 10. The number of amides is 3. The Morgan fingerprint density at radius 2 is 0.871 bits per heavy atom. The van der Waals surface area contributed by atoms with Gasteiger partial charge >= 0.3 is 0 Å². The number of aromatic nitrogens is 3. The van der Waals surface area contributed by atoms with E-state index in [1.54, 1.807) is 55.0 Å². The van der Waals surface area contributed by atoms with Crippen molar-refractivity contribution in [3.05, 3.63) is 146 Å². The van der Waals surface area contributed by atoms with Crippen molar-refractivity contribution in [1.82, 2.24) is 30.9 Å². The van der Waals surface area contributed by atoms with E-state index in [9.17, 15) is 14.4 Å². The van der Waals surface area contributed by atoms with E-state index in [0.29, 0.717) is 115 Å². The fourth-order valence-corrected chi connectivity index (χ4v) is 9.28. The molecule has 3 aromatic heterocycles. The molecule has 6 rings (SSSR count). The second-order valence-corrected chi connectivity index (χ2v) is 23.8. The summed E-state index contributed by atoms with van der Waals surface area (Å²) in [6.07, 6.45) is 14.0. The van der Waals surface area contributed by atoms with E-state index in [4.69, 9.17) is 18.6 Å². The first-order valence-electron chi connectivity index (χ1n) is 24.1. The van der Waals surface area contributed by atoms with Gasteiger partial charge in [0.15, 0.2) is 25.6 Å². The highest BCUT2D eigenvalue weighted by atomic mass is 28.4. The van der Waals surface area contributed by atoms with Gasteiger partial charge in [0, 0.05) is 61.0 Å². The smallest absolute Gasteiger partial charge is 0.255 e. The van der Waals surface area contributed by atoms with Gasteiger partial charge in [0.05, 0.1) is 16.7 Å². The molecule has 0 aliphatic carbocycles. The lowest BCUT2D eigenvalue weighted by atomic mass is 9.76. The molecule has 3 heterocycles. The third-order valence-corrected chi connectivity index (χ3v) is 17.5. The minimum atomic E-state index is -2.25. The summed E-state index contributed by atoms with van der Waals surface area (Å²) in [5.41, 5.74) is 2.61. The Bertz CT molecular complexity index is 2530. The zero-order valence-corrected chi connectivity index (χ0v) is 42.4. The van der Waals surface area contributed by atoms with Crippen molar-refractivity contribution < 1.29 is 33.0 Å². The van der Waals surface area contributed by atoms with Gasteiger partial charge in [0.25, 0.3) is 17.7 Å². The SMILES string of the molecule is C=CCOc1c(C(=O)NCCCC(CCCNC(=O)c2ccc3cccnc3c2OCC=C)(CCCNC(=O)c2ccc3cccnc3c2OCC=C)CO[Si](C)(C)C(C)(C)C)ccc2cccnc12. The van der Waals surface area contributed by atoms with Crippen LogP contribution in [0.4, 0.5) is 0 Å². The minimum absolute atomic E-state index is 0.0467. The number of carbonyl (C=O) groups excluding carboxylic acids is 3. The topological polar surface area (TPSA) is 163 Å². The first-order valence-corrected chi connectivity index (χ1v) is 27.0. The average molecular weight is 965 g/mol. The maximum absolute atomic E-state index is 13.9. The van der Waals surface area contributed by atoms with Crippen molar-refractivity contribution in [3.8, 4) is 17.2 Å². The number of hydrogen-bond donors (Lipinski definition) is 3. The molecule has 14 heteroatoms. The maximum atomic E-state index is 13.9. The second-order valence-electron chi connectivity index (χ2n) is 19.0. The lowest BCUT2D eigenvalue weighted by molar-refractivity contribution is 0.0869. The molecule has 0 saturated carbocycles. The van der Waals surface area contributed by atoms with Crippen LogP contribution in [0.15, 0.2) is 129 Å². The Hall–Kier alpha value is -6.90. The number of carbonyl (C=O) groups is 3. The van der Waals surface area contributed by atoms with Crippen LogP contribution in [0, 0.1) is 5.41 Å². The number of nitrogens with zero attached hydrogens (tertiary/aromatic N) is 3. The highest BCUT2D eigenvalue weighted by Gasteiger charge is 2.40. The molecule has 0 unspecified atom stereocenters. The Kier molecular flexibility index (Phi) is 18.4. The van der Waals surface area contributed by atoms with Gasteiger partial charge in [-0.2, -0.15) is 0 Å². The molecule has 0 atom stereocenters. The number of nitrogens with one attached hydrogen (secondary N) is 3. The quantitative estimate of drug-likeness (QED) is 0.0257. The zero-order valence-electron chi connectivity index (χ0n) is 41.4. The second kappa shape index (κ2) is 24.6. The van der Waals surface area contributed by atoms with Gasteiger partial charge in [0.2, 0.25) is 0 Å². The van der Waals surface area contributed by atoms with E-state index in [2.05, 4.69) is 84.5 Å². The normalized spacial score (nSPS) is 11.8. The molecular weight excluding hydrogens is 897 g/mol. The van der Waals surface area contributed by atoms with Gasteiger partial charge in [-0.25, -0.2) is 0 Å². The third-order valence-electron chi connectivity index (χ3n) is 13.0. The standard InChI is InChI=1S/C56H68N6O7Si/c1-9-36-66-49-43(24-21-40-18-12-30-57-46(40)49)52(63)60-33-15-27-56(39-69-70(7,8)55(4,5)6,28-16-34-61-53(64)44-25-22-41-19-13-31-58-47(41)50(44)67-37-10-2)29-17-35-62-54(65)45-26-23-42-20-14-32-59-48(42)51(45)68-38-11-3/h9-14,18-26,30-32H,1-3,15-17,27-29,33-39H2,4-8H3,(H,60,63)(H,61,64)(H,62,65). The third kappa shape index (κ3) is 13.2. The highest BCUT2D eigenvalue weighted by molar-refractivity contribution is 6.74. The van der Waals surface area contributed by atoms with Gasteiger partial charge in [0.1, 0.15) is 36.4 Å². The number of benzene rings is 3. The van der Waals surface area contributed by atoms with E-state index in [0.717, 1.165) is 16.2 Å². The van der Waals surface area contributed by atoms with Crippen molar-refractivity contribution in [1.29, 1.82) is 0 Å². The van der Waals surface area contributed by atoms with Crippen LogP contribution in [0.2, 0.25) is 18.1 Å². The Balaban J connectivity index is 1.22. The van der Waals surface area contributed by atoms with Gasteiger partial charge in [-0.1, -0.05) is 95.1 Å². The van der Waals surface area contributed by atoms with Gasteiger partial charge < -0.3 is 34.6 Å². The van der Waals surface area contributed by atoms with Crippen LogP contribution in [0.1, 0.15) is 90.4 Å². The largest absolute Gasteiger partial charge is 0.486 e. The summed E-state index contributed by atoms with van der Waals surface area (Å²) in [4.78, 5) is 55.2. The summed E-state index contributed by atoms with van der Waals surface area (Å²) >= 11 is 0. The fourth-order valence-electron chi connectivity index (χ4n) is 8.18. The molecule has 70 heavy (non-hydrogen) atoms. The summed E-state index contributed by atoms with van der Waals surface area (Å²) in [6, 6.07) is 22.3. The van der Waals surface area contributed by atoms with Gasteiger partial charge in [-0.15, -0.1) is 0 Å². The van der Waals surface area contributed by atoms with Crippen molar-refractivity contribution in [2.24, 2.45) is 5.41 Å². The van der Waals surface area contributed by atoms with Gasteiger partial charge in [-0.05, 0) is 98.5 Å². The predicted molar refractivity (Wildman–Crippen MR) is 283 cm³/mol. The van der Waals surface area contributed by atoms with Gasteiger partial charge in [-0.3, -0.25) is 29.3 Å². The van der Waals surface area contributed by atoms with E-state index in [1.165, 1.54) is 0 Å². The summed E-state index contributed by atoms with van der Waals surface area (Å²) in [5, 5.41) is 12.0. The molecule has 368 valence electrons. The molecule has 0 radical (unpaired) electrons. The predicted octanol–water partition coefficient (Wildman–Crippen LogP) is 11.0. The number of pyridine rings is 3. The molecule has 0 spiro atoms. The molecule has 3 N–H and O–H groups in total. The van der Waals surface area contributed by atoms with Crippen molar-refractivity contribution >= 4 is 58.7 Å². The number of rotatable bonds is 27. The lowest BCUT2D eigenvalue weighted by Gasteiger charge is -2.42. The first-order chi connectivity index (χ1) is 33.7. The lowest BCUT2D eigenvalue weighted by Crippen LogP contribution is -2.44. The Labute approximate surface area is 413 Å². The molecule has 3 aromatic carbocycles. The molecule has 0 fully saturated rings. The van der Waals surface area contributed by atoms with Crippen LogP contribution in [0.5, 0.6) is 17.2 Å². The molecular formula is C56H68N6O7Si. The molecule has 0 saturated heterocycles. The summed E-state index contributed by atoms with van der Waals surface area (Å²) in [5.74, 6) is 0.448. The van der Waals surface area contributed by atoms with Crippen LogP contribution in [0.3, 0.4) is 0 Å².